The van der Waals surface area contributed by atoms with Gasteiger partial charge in [-0.3, -0.25) is 4.79 Å². The van der Waals surface area contributed by atoms with Gasteiger partial charge in [0, 0.05) is 23.4 Å². The molecular formula is C17H14F3NO2. The van der Waals surface area contributed by atoms with Crippen LogP contribution in [-0.4, -0.2) is 19.2 Å². The molecule has 0 atom stereocenters. The quantitative estimate of drug-likeness (QED) is 0.899. The summed E-state index contributed by atoms with van der Waals surface area (Å²) in [5.74, 6) is 0.250. The lowest BCUT2D eigenvalue weighted by atomic mass is 10.1. The Labute approximate surface area is 131 Å². The van der Waals surface area contributed by atoms with Crippen LogP contribution in [0.15, 0.2) is 54.6 Å². The zero-order valence-corrected chi connectivity index (χ0v) is 12.2. The number of alkyl halides is 3. The van der Waals surface area contributed by atoms with E-state index in [0.29, 0.717) is 22.6 Å². The van der Waals surface area contributed by atoms with Gasteiger partial charge >= 0.3 is 6.18 Å². The highest BCUT2D eigenvalue weighted by molar-refractivity contribution is 6.04. The lowest BCUT2D eigenvalue weighted by Gasteiger charge is -2.07. The van der Waals surface area contributed by atoms with Crippen LogP contribution in [0.4, 0.5) is 18.9 Å². The number of carbonyl (C=O) groups excluding carboxylic acids is 1. The van der Waals surface area contributed by atoms with Crippen LogP contribution in [0.5, 0.6) is 5.75 Å². The van der Waals surface area contributed by atoms with Gasteiger partial charge in [-0.2, -0.15) is 13.2 Å². The molecule has 0 unspecified atom stereocenters. The Balaban J connectivity index is 2.06. The summed E-state index contributed by atoms with van der Waals surface area (Å²) in [4.78, 5) is 12.1. The number of benzene rings is 2. The Kier molecular flexibility index (Phi) is 5.05. The number of halogens is 3. The monoisotopic (exact) mass is 321 g/mol. The van der Waals surface area contributed by atoms with Crippen molar-refractivity contribution in [2.45, 2.75) is 6.18 Å². The first kappa shape index (κ1) is 16.6. The van der Waals surface area contributed by atoms with E-state index in [-0.39, 0.29) is 12.0 Å². The van der Waals surface area contributed by atoms with E-state index in [9.17, 15) is 18.0 Å². The van der Waals surface area contributed by atoms with Crippen molar-refractivity contribution < 1.29 is 22.7 Å². The first-order chi connectivity index (χ1) is 10.9. The molecule has 0 aromatic heterocycles. The number of rotatable bonds is 4. The molecule has 0 saturated heterocycles. The number of hydrogen-bond donors (Lipinski definition) is 1. The largest absolute Gasteiger partial charge is 0.497 e. The van der Waals surface area contributed by atoms with E-state index >= 15 is 0 Å². The number of methoxy groups -OCH3 is 1. The lowest BCUT2D eigenvalue weighted by molar-refractivity contribution is -0.0790. The molecule has 0 heterocycles. The van der Waals surface area contributed by atoms with Crippen molar-refractivity contribution in [3.8, 4) is 5.75 Å². The van der Waals surface area contributed by atoms with Crippen molar-refractivity contribution in [3.63, 3.8) is 0 Å². The van der Waals surface area contributed by atoms with Gasteiger partial charge in [-0.15, -0.1) is 0 Å². The molecule has 2 aromatic carbocycles. The van der Waals surface area contributed by atoms with E-state index in [1.807, 2.05) is 0 Å². The number of amides is 1. The summed E-state index contributed by atoms with van der Waals surface area (Å²) in [6.45, 7) is 0. The third-order valence-corrected chi connectivity index (χ3v) is 2.97. The fourth-order valence-corrected chi connectivity index (χ4v) is 1.84. The molecule has 1 amide bonds. The van der Waals surface area contributed by atoms with Gasteiger partial charge in [-0.25, -0.2) is 0 Å². The SMILES string of the molecule is COc1cccc(NC(=O)c2ccc(/C=C/C(F)(F)F)cc2)c1. The highest BCUT2D eigenvalue weighted by Crippen LogP contribution is 2.19. The predicted octanol–water partition coefficient (Wildman–Crippen LogP) is 4.52. The standard InChI is InChI=1S/C17H14F3NO2/c1-23-15-4-2-3-14(11-15)21-16(22)13-7-5-12(6-8-13)9-10-17(18,19)20/h2-11H,1H3,(H,21,22)/b10-9+. The number of carbonyl (C=O) groups is 1. The summed E-state index contributed by atoms with van der Waals surface area (Å²) in [6.07, 6.45) is -3.26. The van der Waals surface area contributed by atoms with Crippen molar-refractivity contribution >= 4 is 17.7 Å². The molecule has 0 aliphatic carbocycles. The van der Waals surface area contributed by atoms with Crippen molar-refractivity contribution in [1.29, 1.82) is 0 Å². The molecule has 0 aliphatic rings. The molecule has 6 heteroatoms. The molecule has 2 aromatic rings. The zero-order valence-electron chi connectivity index (χ0n) is 12.2. The first-order valence-corrected chi connectivity index (χ1v) is 6.69. The summed E-state index contributed by atoms with van der Waals surface area (Å²) in [5.41, 5.74) is 1.27. The number of hydrogen-bond acceptors (Lipinski definition) is 2. The Morgan fingerprint density at radius 1 is 1.13 bits per heavy atom. The van der Waals surface area contributed by atoms with E-state index in [1.165, 1.54) is 31.4 Å². The van der Waals surface area contributed by atoms with Crippen LogP contribution < -0.4 is 10.1 Å². The second-order valence-electron chi connectivity index (χ2n) is 4.68. The summed E-state index contributed by atoms with van der Waals surface area (Å²) < 4.78 is 41.3. The molecule has 23 heavy (non-hydrogen) atoms. The molecule has 0 saturated carbocycles. The topological polar surface area (TPSA) is 38.3 Å². The van der Waals surface area contributed by atoms with E-state index in [2.05, 4.69) is 5.32 Å². The third kappa shape index (κ3) is 5.18. The molecule has 0 fully saturated rings. The predicted molar refractivity (Wildman–Crippen MR) is 82.5 cm³/mol. The maximum Gasteiger partial charge on any atom is 0.409 e. The van der Waals surface area contributed by atoms with Crippen molar-refractivity contribution in [1.82, 2.24) is 0 Å². The first-order valence-electron chi connectivity index (χ1n) is 6.69. The second kappa shape index (κ2) is 7.00. The van der Waals surface area contributed by atoms with Gasteiger partial charge in [-0.1, -0.05) is 24.3 Å². The van der Waals surface area contributed by atoms with Crippen LogP contribution in [0.1, 0.15) is 15.9 Å². The Morgan fingerprint density at radius 3 is 2.43 bits per heavy atom. The summed E-state index contributed by atoms with van der Waals surface area (Å²) in [6, 6.07) is 12.7. The van der Waals surface area contributed by atoms with Gasteiger partial charge < -0.3 is 10.1 Å². The second-order valence-corrected chi connectivity index (χ2v) is 4.68. The van der Waals surface area contributed by atoms with Crippen LogP contribution in [0.3, 0.4) is 0 Å². The van der Waals surface area contributed by atoms with Crippen molar-refractivity contribution in [3.05, 3.63) is 65.7 Å². The number of allylic oxidation sites excluding steroid dienone is 1. The zero-order chi connectivity index (χ0) is 16.9. The Morgan fingerprint density at radius 2 is 1.83 bits per heavy atom. The minimum atomic E-state index is -4.36. The van der Waals surface area contributed by atoms with Crippen LogP contribution in [0.2, 0.25) is 0 Å². The highest BCUT2D eigenvalue weighted by atomic mass is 19.4. The highest BCUT2D eigenvalue weighted by Gasteiger charge is 2.21. The average molecular weight is 321 g/mol. The van der Waals surface area contributed by atoms with E-state index in [1.54, 1.807) is 24.3 Å². The Bertz CT molecular complexity index is 707. The summed E-state index contributed by atoms with van der Waals surface area (Å²) >= 11 is 0. The number of anilines is 1. The van der Waals surface area contributed by atoms with E-state index in [0.717, 1.165) is 6.08 Å². The average Bonchev–Trinajstić information content (AvgIpc) is 2.53. The maximum absolute atomic E-state index is 12.1. The molecule has 0 spiro atoms. The molecule has 3 nitrogen and oxygen atoms in total. The van der Waals surface area contributed by atoms with Gasteiger partial charge in [0.1, 0.15) is 5.75 Å². The fraction of sp³-hybridized carbons (Fsp3) is 0.118. The normalized spacial score (nSPS) is 11.5. The van der Waals surface area contributed by atoms with Gasteiger partial charge in [0.25, 0.3) is 5.91 Å². The molecule has 0 bridgehead atoms. The van der Waals surface area contributed by atoms with Crippen molar-refractivity contribution in [2.75, 3.05) is 12.4 Å². The van der Waals surface area contributed by atoms with Gasteiger partial charge in [0.15, 0.2) is 0 Å². The minimum Gasteiger partial charge on any atom is -0.497 e. The van der Waals surface area contributed by atoms with E-state index < -0.39 is 6.18 Å². The molecule has 0 aliphatic heterocycles. The number of nitrogens with one attached hydrogen (secondary N) is 1. The smallest absolute Gasteiger partial charge is 0.409 e. The Hall–Kier alpha value is -2.76. The summed E-state index contributed by atoms with van der Waals surface area (Å²) in [5, 5.41) is 2.69. The van der Waals surface area contributed by atoms with Crippen LogP contribution in [-0.2, 0) is 0 Å². The lowest BCUT2D eigenvalue weighted by Crippen LogP contribution is -2.11. The van der Waals surface area contributed by atoms with Crippen LogP contribution >= 0.6 is 0 Å². The summed E-state index contributed by atoms with van der Waals surface area (Å²) in [7, 11) is 1.52. The molecule has 2 rings (SSSR count). The molecule has 120 valence electrons. The van der Waals surface area contributed by atoms with Gasteiger partial charge in [-0.05, 0) is 29.8 Å². The molecule has 1 N–H and O–H groups in total. The molecule has 0 radical (unpaired) electrons. The van der Waals surface area contributed by atoms with E-state index in [4.69, 9.17) is 4.74 Å². The third-order valence-electron chi connectivity index (χ3n) is 2.97. The van der Waals surface area contributed by atoms with Gasteiger partial charge in [0.2, 0.25) is 0 Å². The fourth-order valence-electron chi connectivity index (χ4n) is 1.84. The van der Waals surface area contributed by atoms with Crippen molar-refractivity contribution in [2.24, 2.45) is 0 Å². The maximum atomic E-state index is 12.1. The number of ether oxygens (including phenoxy) is 1. The minimum absolute atomic E-state index is 0.151. The van der Waals surface area contributed by atoms with Gasteiger partial charge in [0.05, 0.1) is 7.11 Å². The van der Waals surface area contributed by atoms with Crippen LogP contribution in [0, 0.1) is 0 Å². The van der Waals surface area contributed by atoms with Crippen LogP contribution in [0.25, 0.3) is 6.08 Å². The molecular weight excluding hydrogens is 307 g/mol.